The fourth-order valence-electron chi connectivity index (χ4n) is 0.799. The lowest BCUT2D eigenvalue weighted by Gasteiger charge is -2.35. The molecular weight excluding hydrogens is 164 g/mol. The van der Waals surface area contributed by atoms with Crippen molar-refractivity contribution in [2.75, 3.05) is 25.5 Å². The van der Waals surface area contributed by atoms with Crippen molar-refractivity contribution in [1.29, 1.82) is 0 Å². The maximum absolute atomic E-state index is 11.2. The van der Waals surface area contributed by atoms with E-state index in [9.17, 15) is 4.79 Å². The summed E-state index contributed by atoms with van der Waals surface area (Å²) < 4.78 is 4.83. The van der Waals surface area contributed by atoms with Crippen LogP contribution in [0.2, 0.25) is 0 Å². The van der Waals surface area contributed by atoms with Crippen LogP contribution in [0.3, 0.4) is 0 Å². The highest BCUT2D eigenvalue weighted by molar-refractivity contribution is 7.80. The van der Waals surface area contributed by atoms with Crippen LogP contribution in [0.4, 0.5) is 0 Å². The smallest absolute Gasteiger partial charge is 0.244 e. The third-order valence-electron chi connectivity index (χ3n) is 1.57. The van der Waals surface area contributed by atoms with Crippen LogP contribution in [-0.2, 0) is 9.53 Å². The molecule has 1 aliphatic rings. The van der Waals surface area contributed by atoms with Crippen LogP contribution in [0.15, 0.2) is 0 Å². The van der Waals surface area contributed by atoms with Crippen molar-refractivity contribution >= 4 is 18.5 Å². The van der Waals surface area contributed by atoms with Crippen LogP contribution < -0.4 is 11.1 Å². The van der Waals surface area contributed by atoms with Gasteiger partial charge in [-0.15, -0.1) is 0 Å². The quantitative estimate of drug-likeness (QED) is 0.471. The van der Waals surface area contributed by atoms with Crippen molar-refractivity contribution in [3.8, 4) is 0 Å². The predicted octanol–water partition coefficient (Wildman–Crippen LogP) is -1.24. The highest BCUT2D eigenvalue weighted by Gasteiger charge is 2.41. The van der Waals surface area contributed by atoms with Crippen molar-refractivity contribution in [2.45, 2.75) is 5.54 Å². The zero-order valence-corrected chi connectivity index (χ0v) is 7.06. The van der Waals surface area contributed by atoms with Gasteiger partial charge in [0.05, 0.1) is 13.2 Å². The standard InChI is InChI=1S/C6H12N2O2S/c7-6(3-10-4-6)5(9)8-1-2-11/h11H,1-4,7H2,(H,8,9). The molecule has 1 amide bonds. The Hall–Kier alpha value is -0.260. The number of carbonyl (C=O) groups is 1. The van der Waals surface area contributed by atoms with Crippen molar-refractivity contribution < 1.29 is 9.53 Å². The molecule has 0 unspecified atom stereocenters. The predicted molar refractivity (Wildman–Crippen MR) is 44.6 cm³/mol. The Kier molecular flexibility index (Phi) is 2.75. The van der Waals surface area contributed by atoms with Gasteiger partial charge in [-0.1, -0.05) is 0 Å². The van der Waals surface area contributed by atoms with Crippen LogP contribution in [0.5, 0.6) is 0 Å². The van der Waals surface area contributed by atoms with Gasteiger partial charge in [0.15, 0.2) is 0 Å². The summed E-state index contributed by atoms with van der Waals surface area (Å²) in [5.41, 5.74) is 4.85. The summed E-state index contributed by atoms with van der Waals surface area (Å²) in [6.45, 7) is 1.21. The first kappa shape index (κ1) is 8.83. The Morgan fingerprint density at radius 1 is 1.73 bits per heavy atom. The Morgan fingerprint density at radius 3 is 2.73 bits per heavy atom. The van der Waals surface area contributed by atoms with E-state index in [2.05, 4.69) is 17.9 Å². The minimum absolute atomic E-state index is 0.141. The zero-order chi connectivity index (χ0) is 8.32. The Morgan fingerprint density at radius 2 is 2.36 bits per heavy atom. The molecule has 3 N–H and O–H groups in total. The summed E-state index contributed by atoms with van der Waals surface area (Å²) in [5, 5.41) is 2.65. The molecule has 5 heteroatoms. The fraction of sp³-hybridized carbons (Fsp3) is 0.833. The second kappa shape index (κ2) is 3.42. The first-order valence-corrected chi connectivity index (χ1v) is 4.08. The van der Waals surface area contributed by atoms with E-state index in [1.807, 2.05) is 0 Å². The van der Waals surface area contributed by atoms with Crippen LogP contribution >= 0.6 is 12.6 Å². The molecule has 0 aromatic carbocycles. The number of hydrogen-bond donors (Lipinski definition) is 3. The molecule has 11 heavy (non-hydrogen) atoms. The zero-order valence-electron chi connectivity index (χ0n) is 6.17. The Labute approximate surface area is 70.9 Å². The molecule has 1 fully saturated rings. The molecule has 64 valence electrons. The first-order valence-electron chi connectivity index (χ1n) is 3.45. The van der Waals surface area contributed by atoms with Gasteiger partial charge in [-0.05, 0) is 0 Å². The molecule has 0 bridgehead atoms. The number of carbonyl (C=O) groups excluding carboxylic acids is 1. The van der Waals surface area contributed by atoms with Gasteiger partial charge in [-0.3, -0.25) is 4.79 Å². The second-order valence-electron chi connectivity index (χ2n) is 2.63. The highest BCUT2D eigenvalue weighted by Crippen LogP contribution is 2.12. The molecule has 0 spiro atoms. The summed E-state index contributed by atoms with van der Waals surface area (Å²) in [6, 6.07) is 0. The van der Waals surface area contributed by atoms with Gasteiger partial charge in [0.2, 0.25) is 5.91 Å². The SMILES string of the molecule is NC1(C(=O)NCCS)COC1. The summed E-state index contributed by atoms with van der Waals surface area (Å²) in [4.78, 5) is 11.2. The number of thiol groups is 1. The Bertz CT molecular complexity index is 159. The maximum Gasteiger partial charge on any atom is 0.244 e. The van der Waals surface area contributed by atoms with Crippen LogP contribution in [0.1, 0.15) is 0 Å². The average molecular weight is 176 g/mol. The molecule has 1 saturated heterocycles. The van der Waals surface area contributed by atoms with Gasteiger partial charge in [-0.25, -0.2) is 0 Å². The number of nitrogens with two attached hydrogens (primary N) is 1. The van der Waals surface area contributed by atoms with E-state index in [0.29, 0.717) is 25.5 Å². The minimum Gasteiger partial charge on any atom is -0.376 e. The monoisotopic (exact) mass is 176 g/mol. The molecule has 1 aliphatic heterocycles. The summed E-state index contributed by atoms with van der Waals surface area (Å²) in [7, 11) is 0. The summed E-state index contributed by atoms with van der Waals surface area (Å²) in [5.74, 6) is 0.487. The first-order chi connectivity index (χ1) is 5.19. The second-order valence-corrected chi connectivity index (χ2v) is 3.08. The number of nitrogens with one attached hydrogen (secondary N) is 1. The van der Waals surface area contributed by atoms with Crippen LogP contribution in [0.25, 0.3) is 0 Å². The van der Waals surface area contributed by atoms with Gasteiger partial charge in [0.1, 0.15) is 5.54 Å². The van der Waals surface area contributed by atoms with Crippen LogP contribution in [-0.4, -0.2) is 37.0 Å². The van der Waals surface area contributed by atoms with E-state index in [4.69, 9.17) is 10.5 Å². The molecule has 1 rings (SSSR count). The number of rotatable bonds is 3. The Balaban J connectivity index is 2.28. The summed E-state index contributed by atoms with van der Waals surface area (Å²) >= 11 is 3.95. The lowest BCUT2D eigenvalue weighted by molar-refractivity contribution is -0.143. The third kappa shape index (κ3) is 1.85. The molecule has 0 atom stereocenters. The largest absolute Gasteiger partial charge is 0.376 e. The van der Waals surface area contributed by atoms with Gasteiger partial charge >= 0.3 is 0 Å². The van der Waals surface area contributed by atoms with E-state index in [1.54, 1.807) is 0 Å². The fourth-order valence-corrected chi connectivity index (χ4v) is 0.910. The van der Waals surface area contributed by atoms with Gasteiger partial charge in [0.25, 0.3) is 0 Å². The highest BCUT2D eigenvalue weighted by atomic mass is 32.1. The van der Waals surface area contributed by atoms with Gasteiger partial charge in [-0.2, -0.15) is 12.6 Å². The minimum atomic E-state index is -0.775. The lowest BCUT2D eigenvalue weighted by Crippen LogP contribution is -2.66. The summed E-state index contributed by atoms with van der Waals surface area (Å²) in [6.07, 6.45) is 0. The molecule has 0 aliphatic carbocycles. The van der Waals surface area contributed by atoms with Crippen molar-refractivity contribution in [3.63, 3.8) is 0 Å². The topological polar surface area (TPSA) is 64.4 Å². The molecule has 4 nitrogen and oxygen atoms in total. The van der Waals surface area contributed by atoms with E-state index in [1.165, 1.54) is 0 Å². The lowest BCUT2D eigenvalue weighted by atomic mass is 9.98. The molecule has 0 aromatic heterocycles. The molecule has 1 heterocycles. The van der Waals surface area contributed by atoms with E-state index < -0.39 is 5.54 Å². The number of hydrogen-bond acceptors (Lipinski definition) is 4. The normalized spacial score (nSPS) is 20.5. The number of ether oxygens (including phenoxy) is 1. The van der Waals surface area contributed by atoms with E-state index in [-0.39, 0.29) is 5.91 Å². The average Bonchev–Trinajstić information content (AvgIpc) is 1.95. The molecule has 0 aromatic rings. The molecule has 0 radical (unpaired) electrons. The van der Waals surface area contributed by atoms with Gasteiger partial charge < -0.3 is 15.8 Å². The van der Waals surface area contributed by atoms with E-state index >= 15 is 0 Å². The number of amides is 1. The maximum atomic E-state index is 11.2. The third-order valence-corrected chi connectivity index (χ3v) is 1.79. The van der Waals surface area contributed by atoms with Crippen LogP contribution in [0, 0.1) is 0 Å². The van der Waals surface area contributed by atoms with E-state index in [0.717, 1.165) is 0 Å². The molecular formula is C6H12N2O2S. The van der Waals surface area contributed by atoms with Crippen molar-refractivity contribution in [3.05, 3.63) is 0 Å². The van der Waals surface area contributed by atoms with Gasteiger partial charge in [0, 0.05) is 12.3 Å². The van der Waals surface area contributed by atoms with Crippen molar-refractivity contribution in [1.82, 2.24) is 5.32 Å². The molecule has 0 saturated carbocycles. The van der Waals surface area contributed by atoms with Crippen molar-refractivity contribution in [2.24, 2.45) is 5.73 Å².